The first kappa shape index (κ1) is 44.8. The maximum absolute atomic E-state index is 10.7. The van der Waals surface area contributed by atoms with Crippen molar-refractivity contribution in [3.63, 3.8) is 0 Å². The number of ether oxygens (including phenoxy) is 3. The highest BCUT2D eigenvalue weighted by Crippen LogP contribution is 1.97. The second-order valence-electron chi connectivity index (χ2n) is 8.38. The summed E-state index contributed by atoms with van der Waals surface area (Å²) in [6, 6.07) is 10.0. The van der Waals surface area contributed by atoms with E-state index < -0.39 is 18.0 Å². The lowest BCUT2D eigenvalue weighted by atomic mass is 10.2. The Labute approximate surface area is 251 Å². The van der Waals surface area contributed by atoms with Crippen molar-refractivity contribution in [3.05, 3.63) is 92.1 Å². The van der Waals surface area contributed by atoms with Crippen LogP contribution in [0.1, 0.15) is 65.9 Å². The van der Waals surface area contributed by atoms with Crippen LogP contribution in [0.25, 0.3) is 6.08 Å². The Morgan fingerprint density at radius 1 is 0.810 bits per heavy atom. The lowest BCUT2D eigenvalue weighted by molar-refractivity contribution is -0.141. The number of carboxylic acid groups (broad SMARTS) is 1. The zero-order chi connectivity index (χ0) is 33.3. The number of carboxylic acids is 1. The fourth-order valence-electron chi connectivity index (χ4n) is 1.72. The molecule has 0 amide bonds. The third-order valence-electron chi connectivity index (χ3n) is 4.00. The third kappa shape index (κ3) is 40.3. The number of aliphatic carboxylic acids is 1. The smallest absolute Gasteiger partial charge is 0.333 e. The third-order valence-corrected chi connectivity index (χ3v) is 4.00. The number of unbranched alkanes of at least 4 members (excludes halogenated alkanes) is 2. The second-order valence-corrected chi connectivity index (χ2v) is 8.38. The van der Waals surface area contributed by atoms with Crippen LogP contribution in [0.2, 0.25) is 0 Å². The van der Waals surface area contributed by atoms with Crippen LogP contribution in [0, 0.1) is 0 Å². The Bertz CT molecular complexity index is 932. The molecular formula is C33H50O9. The van der Waals surface area contributed by atoms with Crippen LogP contribution in [0.15, 0.2) is 86.5 Å². The first-order valence-electron chi connectivity index (χ1n) is 13.4. The molecule has 0 saturated carbocycles. The fourth-order valence-corrected chi connectivity index (χ4v) is 1.72. The number of esters is 3. The number of aliphatic hydroxyl groups excluding tert-OH is 1. The Hall–Kier alpha value is -4.24. The average molecular weight is 591 g/mol. The van der Waals surface area contributed by atoms with Gasteiger partial charge >= 0.3 is 23.9 Å². The molecule has 0 saturated heterocycles. The maximum Gasteiger partial charge on any atom is 0.333 e. The van der Waals surface area contributed by atoms with Crippen LogP contribution in [0.3, 0.4) is 0 Å². The quantitative estimate of drug-likeness (QED) is 0.114. The molecule has 0 heterocycles. The molecule has 236 valence electrons. The van der Waals surface area contributed by atoms with Crippen molar-refractivity contribution in [2.24, 2.45) is 0 Å². The van der Waals surface area contributed by atoms with E-state index in [0.717, 1.165) is 31.8 Å². The number of rotatable bonds is 13. The van der Waals surface area contributed by atoms with Crippen molar-refractivity contribution in [2.45, 2.75) is 66.4 Å². The van der Waals surface area contributed by atoms with Gasteiger partial charge in [-0.15, -0.1) is 0 Å². The largest absolute Gasteiger partial charge is 0.478 e. The summed E-state index contributed by atoms with van der Waals surface area (Å²) in [5.74, 6) is -2.05. The number of carbonyl (C=O) groups excluding carboxylic acids is 3. The Morgan fingerprint density at radius 3 is 1.55 bits per heavy atom. The summed E-state index contributed by atoms with van der Waals surface area (Å²) in [7, 11) is 0. The van der Waals surface area contributed by atoms with Crippen LogP contribution in [-0.4, -0.2) is 60.0 Å². The number of hydrogen-bond acceptors (Lipinski definition) is 8. The van der Waals surface area contributed by atoms with E-state index in [0.29, 0.717) is 24.4 Å². The van der Waals surface area contributed by atoms with Gasteiger partial charge in [-0.1, -0.05) is 96.0 Å². The molecule has 1 aromatic carbocycles. The molecule has 1 atom stereocenters. The highest BCUT2D eigenvalue weighted by Gasteiger charge is 2.04. The standard InChI is InChI=1S/C8H14O2.C8H8.C7H12O3.C7H12O2.C3H4O2/c1-4-5-6-10-8(9)7(2)3;1-2-8-6-4-3-5-7-8;1-5(2)7(9)10-4-6(3)8;1-3-5-6-9-7(8)4-2;1-2-3(4)5/h2,4-6H2,1,3H3;2-7H,1H2;6,8H,1,4H2,2-3H3;4H,2-3,5-6H2,1H3;2H,1H2,(H,4,5). The molecule has 0 radical (unpaired) electrons. The van der Waals surface area contributed by atoms with E-state index in [1.807, 2.05) is 43.3 Å². The molecular weight excluding hydrogens is 540 g/mol. The summed E-state index contributed by atoms with van der Waals surface area (Å²) in [5, 5.41) is 16.3. The predicted molar refractivity (Wildman–Crippen MR) is 169 cm³/mol. The van der Waals surface area contributed by atoms with Gasteiger partial charge in [0.1, 0.15) is 6.61 Å². The first-order valence-corrected chi connectivity index (χ1v) is 13.4. The molecule has 0 aliphatic carbocycles. The van der Waals surface area contributed by atoms with Crippen LogP contribution in [0.5, 0.6) is 0 Å². The van der Waals surface area contributed by atoms with Gasteiger partial charge in [-0.3, -0.25) is 0 Å². The van der Waals surface area contributed by atoms with Crippen molar-refractivity contribution in [2.75, 3.05) is 19.8 Å². The fraction of sp³-hybridized carbons (Fsp3) is 0.394. The molecule has 0 bridgehead atoms. The molecule has 0 aliphatic rings. The first-order chi connectivity index (χ1) is 19.7. The number of carbonyl (C=O) groups is 4. The minimum Gasteiger partial charge on any atom is -0.478 e. The summed E-state index contributed by atoms with van der Waals surface area (Å²) >= 11 is 0. The molecule has 0 fully saturated rings. The van der Waals surface area contributed by atoms with Gasteiger partial charge in [-0.05, 0) is 39.2 Å². The van der Waals surface area contributed by atoms with Crippen molar-refractivity contribution < 1.29 is 43.6 Å². The van der Waals surface area contributed by atoms with Gasteiger partial charge in [0.25, 0.3) is 0 Å². The zero-order valence-corrected chi connectivity index (χ0v) is 25.9. The topological polar surface area (TPSA) is 136 Å². The summed E-state index contributed by atoms with van der Waals surface area (Å²) < 4.78 is 14.1. The molecule has 9 nitrogen and oxygen atoms in total. The zero-order valence-electron chi connectivity index (χ0n) is 25.9. The van der Waals surface area contributed by atoms with Crippen LogP contribution < -0.4 is 0 Å². The molecule has 42 heavy (non-hydrogen) atoms. The summed E-state index contributed by atoms with van der Waals surface area (Å²) in [6.45, 7) is 26.6. The highest BCUT2D eigenvalue weighted by molar-refractivity contribution is 5.87. The molecule has 1 rings (SSSR count). The maximum atomic E-state index is 10.7. The van der Waals surface area contributed by atoms with Gasteiger partial charge in [0, 0.05) is 23.3 Å². The number of aliphatic hydroxyl groups is 1. The lowest BCUT2D eigenvalue weighted by Crippen LogP contribution is -2.15. The van der Waals surface area contributed by atoms with Gasteiger partial charge in [-0.25, -0.2) is 19.2 Å². The lowest BCUT2D eigenvalue weighted by Gasteiger charge is -2.04. The van der Waals surface area contributed by atoms with Crippen molar-refractivity contribution in [1.29, 1.82) is 0 Å². The molecule has 0 spiro atoms. The molecule has 1 unspecified atom stereocenters. The summed E-state index contributed by atoms with van der Waals surface area (Å²) in [5.41, 5.74) is 1.99. The van der Waals surface area contributed by atoms with E-state index in [4.69, 9.17) is 14.9 Å². The SMILES string of the molecule is C=C(C)C(=O)OCC(C)O.C=C(C)C(=O)OCCCC.C=CC(=O)O.C=CC(=O)OCCCC.C=Cc1ccccc1. The minimum atomic E-state index is -0.981. The van der Waals surface area contributed by atoms with Gasteiger partial charge in [0.2, 0.25) is 0 Å². The predicted octanol–water partition coefficient (Wildman–Crippen LogP) is 6.49. The van der Waals surface area contributed by atoms with Crippen molar-refractivity contribution >= 4 is 30.0 Å². The Balaban J connectivity index is -0.000000218. The molecule has 0 aliphatic heterocycles. The van der Waals surface area contributed by atoms with Crippen molar-refractivity contribution in [3.8, 4) is 0 Å². The normalized spacial score (nSPS) is 9.29. The number of benzene rings is 1. The van der Waals surface area contributed by atoms with Crippen LogP contribution in [-0.2, 0) is 33.4 Å². The van der Waals surface area contributed by atoms with Crippen molar-refractivity contribution in [1.82, 2.24) is 0 Å². The highest BCUT2D eigenvalue weighted by atomic mass is 16.5. The Kier molecular flexibility index (Phi) is 35.1. The van der Waals surface area contributed by atoms with E-state index in [9.17, 15) is 19.2 Å². The summed E-state index contributed by atoms with van der Waals surface area (Å²) in [6.07, 6.45) is 7.19. The number of hydrogen-bond donors (Lipinski definition) is 2. The molecule has 9 heteroatoms. The minimum absolute atomic E-state index is 0.0334. The van der Waals surface area contributed by atoms with E-state index in [2.05, 4.69) is 49.3 Å². The van der Waals surface area contributed by atoms with Gasteiger partial charge in [0.05, 0.1) is 19.3 Å². The molecule has 1 aromatic rings. The van der Waals surface area contributed by atoms with E-state index in [1.54, 1.807) is 20.8 Å². The van der Waals surface area contributed by atoms with Gasteiger partial charge < -0.3 is 24.4 Å². The second kappa shape index (κ2) is 33.0. The molecule has 0 aromatic heterocycles. The van der Waals surface area contributed by atoms with E-state index in [1.165, 1.54) is 11.6 Å². The van der Waals surface area contributed by atoms with Gasteiger partial charge in [-0.2, -0.15) is 0 Å². The summed E-state index contributed by atoms with van der Waals surface area (Å²) in [4.78, 5) is 40.9. The van der Waals surface area contributed by atoms with Crippen LogP contribution in [0.4, 0.5) is 0 Å². The van der Waals surface area contributed by atoms with E-state index in [-0.39, 0.29) is 18.5 Å². The van der Waals surface area contributed by atoms with Crippen LogP contribution >= 0.6 is 0 Å². The molecule has 2 N–H and O–H groups in total. The van der Waals surface area contributed by atoms with E-state index >= 15 is 0 Å². The monoisotopic (exact) mass is 590 g/mol. The van der Waals surface area contributed by atoms with Gasteiger partial charge in [0.15, 0.2) is 0 Å². The average Bonchev–Trinajstić information content (AvgIpc) is 2.97. The Morgan fingerprint density at radius 2 is 1.24 bits per heavy atom.